The molecule has 2 aromatic carbocycles. The number of rotatable bonds is 5. The average molecular weight is 358 g/mol. The molecule has 0 unspecified atom stereocenters. The number of nitrogens with zero attached hydrogens (tertiary/aromatic N) is 3. The third kappa shape index (κ3) is 3.50. The number of imidazole rings is 1. The number of fused-ring (bicyclic) bond motifs is 1. The Morgan fingerprint density at radius 2 is 1.67 bits per heavy atom. The Labute approximate surface area is 155 Å². The number of benzene rings is 2. The molecule has 0 radical (unpaired) electrons. The summed E-state index contributed by atoms with van der Waals surface area (Å²) in [6.45, 7) is 0.317. The van der Waals surface area contributed by atoms with Gasteiger partial charge < -0.3 is 4.57 Å². The molecule has 1 N–H and O–H groups in total. The van der Waals surface area contributed by atoms with E-state index in [0.717, 1.165) is 16.7 Å². The molecule has 0 spiro atoms. The highest BCUT2D eigenvalue weighted by molar-refractivity contribution is 5.92. The molecule has 0 fully saturated rings. The third-order valence-corrected chi connectivity index (χ3v) is 4.31. The van der Waals surface area contributed by atoms with Crippen LogP contribution in [0.15, 0.2) is 83.8 Å². The van der Waals surface area contributed by atoms with Crippen molar-refractivity contribution in [3.05, 3.63) is 89.3 Å². The van der Waals surface area contributed by atoms with E-state index in [1.165, 1.54) is 10.6 Å². The van der Waals surface area contributed by atoms with Crippen molar-refractivity contribution in [1.29, 1.82) is 0 Å². The van der Waals surface area contributed by atoms with Crippen LogP contribution < -0.4 is 10.9 Å². The molecule has 0 aliphatic carbocycles. The first kappa shape index (κ1) is 16.8. The molecule has 0 aliphatic heterocycles. The van der Waals surface area contributed by atoms with Gasteiger partial charge in [0.1, 0.15) is 0 Å². The third-order valence-electron chi connectivity index (χ3n) is 4.31. The molecule has 4 aromatic rings. The summed E-state index contributed by atoms with van der Waals surface area (Å²) in [7, 11) is 0. The fourth-order valence-corrected chi connectivity index (χ4v) is 3.00. The Morgan fingerprint density at radius 1 is 0.926 bits per heavy atom. The number of hydrogen-bond donors (Lipinski definition) is 1. The molecular formula is C21H18N4O2. The van der Waals surface area contributed by atoms with E-state index in [1.807, 2.05) is 59.2 Å². The fourth-order valence-electron chi connectivity index (χ4n) is 3.00. The molecule has 0 aliphatic rings. The lowest BCUT2D eigenvalue weighted by atomic mass is 10.3. The zero-order valence-corrected chi connectivity index (χ0v) is 14.6. The van der Waals surface area contributed by atoms with Gasteiger partial charge in [0.2, 0.25) is 11.9 Å². The molecule has 2 heterocycles. The number of carbonyl (C=O) groups is 1. The van der Waals surface area contributed by atoms with E-state index in [1.54, 1.807) is 18.3 Å². The second-order valence-corrected chi connectivity index (χ2v) is 6.13. The Bertz CT molecular complexity index is 1150. The molecule has 2 aromatic heterocycles. The molecule has 4 rings (SSSR count). The average Bonchev–Trinajstić information content (AvgIpc) is 3.05. The largest absolute Gasteiger partial charge is 0.315 e. The maximum atomic E-state index is 12.5. The van der Waals surface area contributed by atoms with Gasteiger partial charge in [0.15, 0.2) is 0 Å². The van der Waals surface area contributed by atoms with Crippen LogP contribution >= 0.6 is 0 Å². The normalized spacial score (nSPS) is 10.8. The Balaban J connectivity index is 1.61. The summed E-state index contributed by atoms with van der Waals surface area (Å²) in [5.41, 5.74) is 2.51. The predicted octanol–water partition coefficient (Wildman–Crippen LogP) is 3.22. The zero-order chi connectivity index (χ0) is 18.6. The second-order valence-electron chi connectivity index (χ2n) is 6.13. The van der Waals surface area contributed by atoms with Crippen molar-refractivity contribution in [3.8, 4) is 5.69 Å². The van der Waals surface area contributed by atoms with Crippen LogP contribution in [0.4, 0.5) is 5.95 Å². The number of pyridine rings is 1. The number of aromatic nitrogens is 3. The summed E-state index contributed by atoms with van der Waals surface area (Å²) in [5, 5.41) is 2.89. The van der Waals surface area contributed by atoms with E-state index in [0.29, 0.717) is 12.5 Å². The maximum absolute atomic E-state index is 12.5. The first-order valence-corrected chi connectivity index (χ1v) is 8.70. The molecule has 134 valence electrons. The highest BCUT2D eigenvalue weighted by Crippen LogP contribution is 2.24. The van der Waals surface area contributed by atoms with Gasteiger partial charge >= 0.3 is 0 Å². The van der Waals surface area contributed by atoms with Gasteiger partial charge in [-0.15, -0.1) is 0 Å². The van der Waals surface area contributed by atoms with Crippen LogP contribution in [0.25, 0.3) is 16.7 Å². The zero-order valence-electron chi connectivity index (χ0n) is 14.6. The molecule has 6 nitrogen and oxygen atoms in total. The van der Waals surface area contributed by atoms with Crippen molar-refractivity contribution in [2.24, 2.45) is 0 Å². The lowest BCUT2D eigenvalue weighted by Crippen LogP contribution is -2.22. The van der Waals surface area contributed by atoms with Crippen LogP contribution in [0.5, 0.6) is 0 Å². The van der Waals surface area contributed by atoms with Crippen LogP contribution in [-0.4, -0.2) is 20.0 Å². The number of aryl methyl sites for hydroxylation is 1. The molecule has 0 saturated carbocycles. The van der Waals surface area contributed by atoms with E-state index >= 15 is 0 Å². The van der Waals surface area contributed by atoms with Crippen LogP contribution in [-0.2, 0) is 11.3 Å². The maximum Gasteiger partial charge on any atom is 0.250 e. The Morgan fingerprint density at radius 3 is 2.48 bits per heavy atom. The van der Waals surface area contributed by atoms with Gasteiger partial charge in [-0.05, 0) is 30.3 Å². The van der Waals surface area contributed by atoms with Crippen LogP contribution in [0.1, 0.15) is 6.42 Å². The van der Waals surface area contributed by atoms with Crippen LogP contribution in [0.3, 0.4) is 0 Å². The number of amides is 1. The molecule has 0 bridgehead atoms. The molecule has 0 atom stereocenters. The lowest BCUT2D eigenvalue weighted by Gasteiger charge is -2.10. The molecule has 6 heteroatoms. The lowest BCUT2D eigenvalue weighted by molar-refractivity contribution is -0.116. The van der Waals surface area contributed by atoms with Gasteiger partial charge in [0.05, 0.1) is 11.0 Å². The number of hydrogen-bond acceptors (Lipinski definition) is 3. The topological polar surface area (TPSA) is 68.9 Å². The minimum absolute atomic E-state index is 0.123. The van der Waals surface area contributed by atoms with E-state index in [2.05, 4.69) is 10.3 Å². The first-order chi connectivity index (χ1) is 13.2. The SMILES string of the molecule is O=C(CCn1ccccc1=O)Nc1nc2ccccc2n1-c1ccccc1. The van der Waals surface area contributed by atoms with E-state index < -0.39 is 0 Å². The van der Waals surface area contributed by atoms with Crippen LogP contribution in [0, 0.1) is 0 Å². The second kappa shape index (κ2) is 7.29. The van der Waals surface area contributed by atoms with E-state index in [-0.39, 0.29) is 17.9 Å². The Kier molecular flexibility index (Phi) is 4.53. The molecule has 1 amide bonds. The quantitative estimate of drug-likeness (QED) is 0.596. The van der Waals surface area contributed by atoms with E-state index in [4.69, 9.17) is 0 Å². The predicted molar refractivity (Wildman–Crippen MR) is 105 cm³/mol. The summed E-state index contributed by atoms with van der Waals surface area (Å²) in [6, 6.07) is 22.4. The first-order valence-electron chi connectivity index (χ1n) is 8.70. The van der Waals surface area contributed by atoms with Crippen molar-refractivity contribution >= 4 is 22.9 Å². The molecule has 27 heavy (non-hydrogen) atoms. The van der Waals surface area contributed by atoms with Crippen molar-refractivity contribution in [2.75, 3.05) is 5.32 Å². The van der Waals surface area contributed by atoms with Gasteiger partial charge in [-0.1, -0.05) is 36.4 Å². The number of para-hydroxylation sites is 3. The van der Waals surface area contributed by atoms with Gasteiger partial charge in [0, 0.05) is 30.9 Å². The minimum Gasteiger partial charge on any atom is -0.315 e. The summed E-state index contributed by atoms with van der Waals surface area (Å²) >= 11 is 0. The monoisotopic (exact) mass is 358 g/mol. The van der Waals surface area contributed by atoms with Crippen molar-refractivity contribution in [3.63, 3.8) is 0 Å². The standard InChI is InChI=1S/C21H18N4O2/c26-19(13-15-24-14-7-6-12-20(24)27)23-21-22-17-10-4-5-11-18(17)25(21)16-8-2-1-3-9-16/h1-12,14H,13,15H2,(H,22,23,26). The summed E-state index contributed by atoms with van der Waals surface area (Å²) in [5.74, 6) is 0.269. The van der Waals surface area contributed by atoms with Gasteiger partial charge in [-0.2, -0.15) is 0 Å². The molecular weight excluding hydrogens is 340 g/mol. The summed E-state index contributed by atoms with van der Waals surface area (Å²) in [4.78, 5) is 28.8. The highest BCUT2D eigenvalue weighted by Gasteiger charge is 2.14. The minimum atomic E-state index is -0.196. The summed E-state index contributed by atoms with van der Waals surface area (Å²) < 4.78 is 3.43. The van der Waals surface area contributed by atoms with Gasteiger partial charge in [-0.3, -0.25) is 19.5 Å². The molecule has 0 saturated heterocycles. The number of nitrogens with one attached hydrogen (secondary N) is 1. The highest BCUT2D eigenvalue weighted by atomic mass is 16.2. The van der Waals surface area contributed by atoms with Crippen LogP contribution in [0.2, 0.25) is 0 Å². The summed E-state index contributed by atoms with van der Waals surface area (Å²) in [6.07, 6.45) is 1.86. The van der Waals surface area contributed by atoms with Crippen molar-refractivity contribution in [2.45, 2.75) is 13.0 Å². The number of anilines is 1. The van der Waals surface area contributed by atoms with Gasteiger partial charge in [-0.25, -0.2) is 4.98 Å². The fraction of sp³-hybridized carbons (Fsp3) is 0.0952. The van der Waals surface area contributed by atoms with Gasteiger partial charge in [0.25, 0.3) is 5.56 Å². The number of carbonyl (C=O) groups excluding carboxylic acids is 1. The Hall–Kier alpha value is -3.67. The van der Waals surface area contributed by atoms with E-state index in [9.17, 15) is 9.59 Å². The smallest absolute Gasteiger partial charge is 0.250 e. The van der Waals surface area contributed by atoms with Crippen molar-refractivity contribution in [1.82, 2.24) is 14.1 Å². The van der Waals surface area contributed by atoms with Crippen molar-refractivity contribution < 1.29 is 4.79 Å².